The van der Waals surface area contributed by atoms with Crippen LogP contribution in [0.15, 0.2) is 30.5 Å². The number of carboxylic acid groups (broad SMARTS) is 1. The van der Waals surface area contributed by atoms with E-state index < -0.39 is 5.97 Å². The van der Waals surface area contributed by atoms with Crippen molar-refractivity contribution in [2.75, 3.05) is 4.90 Å². The van der Waals surface area contributed by atoms with Gasteiger partial charge < -0.3 is 5.11 Å². The first-order chi connectivity index (χ1) is 12.9. The van der Waals surface area contributed by atoms with Gasteiger partial charge in [-0.25, -0.2) is 13.9 Å². The number of nitrogens with zero attached hydrogens (tertiary/aromatic N) is 3. The van der Waals surface area contributed by atoms with Crippen LogP contribution in [-0.4, -0.2) is 32.8 Å². The van der Waals surface area contributed by atoms with Crippen molar-refractivity contribution in [3.63, 3.8) is 0 Å². The molecule has 0 radical (unpaired) electrons. The number of benzene rings is 1. The van der Waals surface area contributed by atoms with Crippen molar-refractivity contribution in [3.05, 3.63) is 41.8 Å². The topological polar surface area (TPSA) is 75.4 Å². The maximum atomic E-state index is 13.2. The lowest BCUT2D eigenvalue weighted by Gasteiger charge is -2.31. The number of carboxylic acids is 1. The Morgan fingerprint density at radius 2 is 1.81 bits per heavy atom. The molecule has 1 aromatic carbocycles. The van der Waals surface area contributed by atoms with Crippen LogP contribution in [-0.2, 0) is 4.79 Å². The van der Waals surface area contributed by atoms with E-state index in [9.17, 15) is 19.1 Å². The van der Waals surface area contributed by atoms with Crippen molar-refractivity contribution < 1.29 is 19.1 Å². The van der Waals surface area contributed by atoms with E-state index in [4.69, 9.17) is 0 Å². The van der Waals surface area contributed by atoms with Crippen LogP contribution in [0.5, 0.6) is 0 Å². The Labute approximate surface area is 157 Å². The maximum Gasteiger partial charge on any atom is 0.341 e. The van der Waals surface area contributed by atoms with E-state index in [-0.39, 0.29) is 35.1 Å². The van der Waals surface area contributed by atoms with Crippen molar-refractivity contribution in [1.82, 2.24) is 9.78 Å². The molecular weight excluding hydrogens is 349 g/mol. The number of anilines is 1. The number of hydrogen-bond acceptors (Lipinski definition) is 3. The maximum absolute atomic E-state index is 13.2. The molecule has 0 saturated heterocycles. The molecule has 0 unspecified atom stereocenters. The lowest BCUT2D eigenvalue weighted by molar-refractivity contribution is -0.123. The van der Waals surface area contributed by atoms with Crippen molar-refractivity contribution in [1.29, 1.82) is 0 Å². The van der Waals surface area contributed by atoms with E-state index in [1.165, 1.54) is 40.0 Å². The normalized spacial score (nSPS) is 15.1. The number of amides is 1. The molecule has 27 heavy (non-hydrogen) atoms. The van der Waals surface area contributed by atoms with Gasteiger partial charge in [-0.1, -0.05) is 19.3 Å². The Morgan fingerprint density at radius 3 is 2.37 bits per heavy atom. The van der Waals surface area contributed by atoms with Crippen molar-refractivity contribution in [2.24, 2.45) is 5.92 Å². The van der Waals surface area contributed by atoms with E-state index in [1.807, 2.05) is 13.8 Å². The van der Waals surface area contributed by atoms with Gasteiger partial charge in [0.15, 0.2) is 5.82 Å². The van der Waals surface area contributed by atoms with Crippen LogP contribution >= 0.6 is 0 Å². The Bertz CT molecular complexity index is 823. The van der Waals surface area contributed by atoms with Gasteiger partial charge in [0.25, 0.3) is 0 Å². The van der Waals surface area contributed by atoms with E-state index in [0.717, 1.165) is 32.1 Å². The largest absolute Gasteiger partial charge is 0.477 e. The second kappa shape index (κ2) is 7.90. The fourth-order valence-electron chi connectivity index (χ4n) is 3.57. The van der Waals surface area contributed by atoms with Crippen LogP contribution in [0.2, 0.25) is 0 Å². The molecular formula is C20H24FN3O3. The van der Waals surface area contributed by atoms with E-state index in [2.05, 4.69) is 5.10 Å². The minimum absolute atomic E-state index is 0.0443. The summed E-state index contributed by atoms with van der Waals surface area (Å²) in [6.45, 7) is 3.70. The van der Waals surface area contributed by atoms with Gasteiger partial charge in [0, 0.05) is 18.2 Å². The lowest BCUT2D eigenvalue weighted by Crippen LogP contribution is -2.42. The minimum atomic E-state index is -1.15. The summed E-state index contributed by atoms with van der Waals surface area (Å²) in [5.74, 6) is -1.57. The highest BCUT2D eigenvalue weighted by molar-refractivity contribution is 6.01. The number of halogens is 1. The molecule has 144 valence electrons. The number of aromatic carboxylic acids is 1. The van der Waals surface area contributed by atoms with E-state index in [1.54, 1.807) is 0 Å². The van der Waals surface area contributed by atoms with Crippen molar-refractivity contribution in [2.45, 2.75) is 52.0 Å². The highest BCUT2D eigenvalue weighted by Crippen LogP contribution is 2.30. The molecule has 0 spiro atoms. The molecule has 0 bridgehead atoms. The predicted molar refractivity (Wildman–Crippen MR) is 99.7 cm³/mol. The van der Waals surface area contributed by atoms with Crippen LogP contribution in [0.3, 0.4) is 0 Å². The Kier molecular flexibility index (Phi) is 5.58. The summed E-state index contributed by atoms with van der Waals surface area (Å²) in [7, 11) is 0. The van der Waals surface area contributed by atoms with E-state index >= 15 is 0 Å². The summed E-state index contributed by atoms with van der Waals surface area (Å²) >= 11 is 0. The van der Waals surface area contributed by atoms with Crippen LogP contribution < -0.4 is 4.90 Å². The fourth-order valence-corrected chi connectivity index (χ4v) is 3.57. The lowest BCUT2D eigenvalue weighted by atomic mass is 9.88. The zero-order valence-electron chi connectivity index (χ0n) is 15.6. The third kappa shape index (κ3) is 4.02. The third-order valence-electron chi connectivity index (χ3n) is 4.95. The highest BCUT2D eigenvalue weighted by atomic mass is 19.1. The fraction of sp³-hybridized carbons (Fsp3) is 0.450. The van der Waals surface area contributed by atoms with E-state index in [0.29, 0.717) is 5.69 Å². The van der Waals surface area contributed by atoms with Gasteiger partial charge in [-0.15, -0.1) is 5.10 Å². The molecule has 1 saturated carbocycles. The zero-order chi connectivity index (χ0) is 19.6. The monoisotopic (exact) mass is 373 g/mol. The van der Waals surface area contributed by atoms with Gasteiger partial charge in [0.05, 0.1) is 5.69 Å². The molecule has 1 aliphatic carbocycles. The summed E-state index contributed by atoms with van der Waals surface area (Å²) in [5.41, 5.74) is 0.483. The molecule has 7 heteroatoms. The summed E-state index contributed by atoms with van der Waals surface area (Å²) in [5, 5.41) is 14.0. The SMILES string of the molecule is CC(C)N(C(=O)C1CCCCC1)c1nn(-c2ccc(F)cc2)cc1C(=O)O. The molecule has 1 amide bonds. The van der Waals surface area contributed by atoms with Gasteiger partial charge >= 0.3 is 5.97 Å². The molecule has 0 atom stereocenters. The Hall–Kier alpha value is -2.70. The minimum Gasteiger partial charge on any atom is -0.477 e. The van der Waals surface area contributed by atoms with Gasteiger partial charge in [0.1, 0.15) is 11.4 Å². The van der Waals surface area contributed by atoms with Gasteiger partial charge in [0.2, 0.25) is 5.91 Å². The van der Waals surface area contributed by atoms with Gasteiger partial charge in [-0.2, -0.15) is 0 Å². The average molecular weight is 373 g/mol. The molecule has 1 N–H and O–H groups in total. The van der Waals surface area contributed by atoms with Crippen molar-refractivity contribution >= 4 is 17.7 Å². The number of hydrogen-bond donors (Lipinski definition) is 1. The van der Waals surface area contributed by atoms with Crippen LogP contribution in [0.4, 0.5) is 10.2 Å². The summed E-state index contributed by atoms with van der Waals surface area (Å²) < 4.78 is 14.6. The van der Waals surface area contributed by atoms with Crippen LogP contribution in [0.25, 0.3) is 5.69 Å². The van der Waals surface area contributed by atoms with Crippen LogP contribution in [0.1, 0.15) is 56.3 Å². The van der Waals surface area contributed by atoms with Crippen molar-refractivity contribution in [3.8, 4) is 5.69 Å². The number of aromatic nitrogens is 2. The first-order valence-electron chi connectivity index (χ1n) is 9.30. The second-order valence-electron chi connectivity index (χ2n) is 7.23. The smallest absolute Gasteiger partial charge is 0.341 e. The van der Waals surface area contributed by atoms with Gasteiger partial charge in [-0.3, -0.25) is 9.69 Å². The Morgan fingerprint density at radius 1 is 1.19 bits per heavy atom. The van der Waals surface area contributed by atoms with Crippen LogP contribution in [0, 0.1) is 11.7 Å². The molecule has 1 aromatic heterocycles. The highest BCUT2D eigenvalue weighted by Gasteiger charge is 2.33. The summed E-state index contributed by atoms with van der Waals surface area (Å²) in [4.78, 5) is 26.4. The second-order valence-corrected chi connectivity index (χ2v) is 7.23. The summed E-state index contributed by atoms with van der Waals surface area (Å²) in [6, 6.07) is 5.37. The summed E-state index contributed by atoms with van der Waals surface area (Å²) in [6.07, 6.45) is 6.17. The number of rotatable bonds is 5. The number of carbonyl (C=O) groups is 2. The molecule has 0 aliphatic heterocycles. The molecule has 6 nitrogen and oxygen atoms in total. The standard InChI is InChI=1S/C20H24FN3O3/c1-13(2)24(19(25)14-6-4-3-5-7-14)18-17(20(26)27)12-23(22-18)16-10-8-15(21)9-11-16/h8-14H,3-7H2,1-2H3,(H,26,27). The Balaban J connectivity index is 2.01. The average Bonchev–Trinajstić information content (AvgIpc) is 3.08. The quantitative estimate of drug-likeness (QED) is 0.858. The first kappa shape index (κ1) is 19.1. The molecule has 1 fully saturated rings. The molecule has 2 aromatic rings. The third-order valence-corrected chi connectivity index (χ3v) is 4.95. The molecule has 3 rings (SSSR count). The van der Waals surface area contributed by atoms with Gasteiger partial charge in [-0.05, 0) is 51.0 Å². The first-order valence-corrected chi connectivity index (χ1v) is 9.30. The molecule has 1 aliphatic rings. The zero-order valence-corrected chi connectivity index (χ0v) is 15.6. The molecule has 1 heterocycles. The number of carbonyl (C=O) groups excluding carboxylic acids is 1. The predicted octanol–water partition coefficient (Wildman–Crippen LogP) is 4.03.